The summed E-state index contributed by atoms with van der Waals surface area (Å²) in [6.07, 6.45) is 8.01. The number of benzene rings is 1. The maximum Gasteiger partial charge on any atom is 0.317 e. The smallest absolute Gasteiger partial charge is 0.317 e. The van der Waals surface area contributed by atoms with Gasteiger partial charge < -0.3 is 19.7 Å². The summed E-state index contributed by atoms with van der Waals surface area (Å²) in [7, 11) is -1.14. The molecule has 1 aromatic carbocycles. The molecule has 0 bridgehead atoms. The number of nitrogens with one attached hydrogen (secondary N) is 1. The van der Waals surface area contributed by atoms with E-state index in [9.17, 15) is 9.18 Å². The fourth-order valence-electron chi connectivity index (χ4n) is 6.15. The van der Waals surface area contributed by atoms with Crippen LogP contribution < -0.4 is 5.32 Å². The van der Waals surface area contributed by atoms with Crippen LogP contribution in [0, 0.1) is 12.7 Å². The maximum absolute atomic E-state index is 13.7. The van der Waals surface area contributed by atoms with Crippen molar-refractivity contribution in [3.8, 4) is 0 Å². The predicted octanol–water partition coefficient (Wildman–Crippen LogP) is 6.66. The number of ether oxygens (including phenoxy) is 2. The first-order valence-corrected chi connectivity index (χ1v) is 18.9. The van der Waals surface area contributed by atoms with Crippen LogP contribution in [0.1, 0.15) is 74.1 Å². The van der Waals surface area contributed by atoms with Gasteiger partial charge in [0.1, 0.15) is 12.5 Å². The van der Waals surface area contributed by atoms with Gasteiger partial charge in [0, 0.05) is 39.9 Å². The molecule has 9 heteroatoms. The maximum atomic E-state index is 13.7. The zero-order chi connectivity index (χ0) is 28.7. The first kappa shape index (κ1) is 30.7. The summed E-state index contributed by atoms with van der Waals surface area (Å²) in [5.74, 6) is 0.327. The second-order valence-corrected chi connectivity index (χ2v) is 18.4. The lowest BCUT2D eigenvalue weighted by Crippen LogP contribution is -2.53. The van der Waals surface area contributed by atoms with Gasteiger partial charge in [-0.15, -0.1) is 0 Å². The van der Waals surface area contributed by atoms with Gasteiger partial charge in [0.2, 0.25) is 0 Å². The number of amides is 2. The van der Waals surface area contributed by atoms with Crippen LogP contribution in [0.15, 0.2) is 30.5 Å². The Morgan fingerprint density at radius 2 is 1.95 bits per heavy atom. The van der Waals surface area contributed by atoms with Crippen molar-refractivity contribution in [2.75, 3.05) is 26.3 Å². The molecule has 7 nitrogen and oxygen atoms in total. The highest BCUT2D eigenvalue weighted by molar-refractivity contribution is 6.76. The number of aryl methyl sites for hydroxylation is 1. The normalized spacial score (nSPS) is 23.8. The molecule has 1 N–H and O–H groups in total. The number of nitrogens with zero attached hydrogens (tertiary/aromatic N) is 3. The van der Waals surface area contributed by atoms with E-state index in [-0.39, 0.29) is 29.9 Å². The van der Waals surface area contributed by atoms with Gasteiger partial charge in [-0.2, -0.15) is 5.10 Å². The molecule has 2 amide bonds. The minimum atomic E-state index is -1.14. The second kappa shape index (κ2) is 14.1. The quantitative estimate of drug-likeness (QED) is 0.241. The molecule has 2 aliphatic rings. The topological polar surface area (TPSA) is 68.6 Å². The van der Waals surface area contributed by atoms with Crippen LogP contribution in [-0.2, 0) is 16.2 Å². The number of carbonyl (C=O) groups is 1. The molecule has 1 aliphatic carbocycles. The van der Waals surface area contributed by atoms with Gasteiger partial charge in [-0.25, -0.2) is 13.9 Å². The first-order chi connectivity index (χ1) is 19.1. The Morgan fingerprint density at radius 1 is 1.18 bits per heavy atom. The Labute approximate surface area is 240 Å². The van der Waals surface area contributed by atoms with Gasteiger partial charge in [-0.05, 0) is 87.6 Å². The molecule has 222 valence electrons. The van der Waals surface area contributed by atoms with E-state index in [0.29, 0.717) is 25.8 Å². The van der Waals surface area contributed by atoms with Crippen molar-refractivity contribution >= 4 is 14.1 Å². The van der Waals surface area contributed by atoms with E-state index in [1.807, 2.05) is 22.6 Å². The van der Waals surface area contributed by atoms with E-state index < -0.39 is 8.07 Å². The lowest BCUT2D eigenvalue weighted by Gasteiger charge is -2.41. The van der Waals surface area contributed by atoms with Crippen LogP contribution in [0.3, 0.4) is 0 Å². The molecule has 1 aromatic heterocycles. The van der Waals surface area contributed by atoms with Crippen LogP contribution in [0.2, 0.25) is 25.7 Å². The zero-order valence-electron chi connectivity index (χ0n) is 25.1. The summed E-state index contributed by atoms with van der Waals surface area (Å²) in [4.78, 5) is 15.1. The lowest BCUT2D eigenvalue weighted by molar-refractivity contribution is -0.0172. The Hall–Kier alpha value is -2.23. The summed E-state index contributed by atoms with van der Waals surface area (Å²) in [6, 6.07) is 8.04. The molecule has 2 heterocycles. The monoisotopic (exact) mass is 572 g/mol. The number of likely N-dealkylation sites (tertiary alicyclic amines) is 1. The Kier molecular flexibility index (Phi) is 10.8. The van der Waals surface area contributed by atoms with Crippen LogP contribution in [0.4, 0.5) is 9.18 Å². The fraction of sp³-hybridized carbons (Fsp3) is 0.677. The van der Waals surface area contributed by atoms with Crippen molar-refractivity contribution in [1.29, 1.82) is 0 Å². The third-order valence-electron chi connectivity index (χ3n) is 8.42. The van der Waals surface area contributed by atoms with Gasteiger partial charge in [-0.1, -0.05) is 31.8 Å². The average molecular weight is 573 g/mol. The van der Waals surface area contributed by atoms with Crippen LogP contribution in [-0.4, -0.2) is 67.2 Å². The van der Waals surface area contributed by atoms with E-state index in [2.05, 4.69) is 38.1 Å². The zero-order valence-corrected chi connectivity index (χ0v) is 26.1. The summed E-state index contributed by atoms with van der Waals surface area (Å²) in [5.41, 5.74) is 3.27. The number of hydrogen-bond acceptors (Lipinski definition) is 4. The van der Waals surface area contributed by atoms with Crippen LogP contribution in [0.5, 0.6) is 0 Å². The minimum absolute atomic E-state index is 0.0256. The largest absolute Gasteiger partial charge is 0.376 e. The minimum Gasteiger partial charge on any atom is -0.376 e. The highest BCUT2D eigenvalue weighted by Crippen LogP contribution is 2.37. The van der Waals surface area contributed by atoms with Crippen LogP contribution >= 0.6 is 0 Å². The molecule has 0 spiro atoms. The first-order valence-electron chi connectivity index (χ1n) is 15.2. The average Bonchev–Trinajstić information content (AvgIpc) is 3.29. The molecule has 4 rings (SSSR count). The number of rotatable bonds is 11. The van der Waals surface area contributed by atoms with Crippen molar-refractivity contribution in [3.63, 3.8) is 0 Å². The molecular weight excluding hydrogens is 523 g/mol. The van der Waals surface area contributed by atoms with Crippen molar-refractivity contribution in [2.24, 2.45) is 0 Å². The van der Waals surface area contributed by atoms with Crippen molar-refractivity contribution in [1.82, 2.24) is 20.0 Å². The number of urea groups is 1. The standard InChI is InChI=1S/C31H49FN4O3Si/c1-6-33-31(37)36-16-8-11-28(30-23(2)20-35(34-30)22-38-17-18-40(3,4)5)29(36)21-39-27-14-12-24(13-15-27)25-9-7-10-26(32)19-25/h7,9-10,19-20,24,27-29H,6,8,11-18,21-22H2,1-5H3,(H,33,37)/t24?,27?,28-,29-/m0/s1. The van der Waals surface area contributed by atoms with E-state index in [1.165, 1.54) is 6.07 Å². The van der Waals surface area contributed by atoms with E-state index in [4.69, 9.17) is 14.6 Å². The molecule has 1 saturated heterocycles. The van der Waals surface area contributed by atoms with E-state index >= 15 is 0 Å². The fourth-order valence-corrected chi connectivity index (χ4v) is 6.91. The predicted molar refractivity (Wildman–Crippen MR) is 160 cm³/mol. The Morgan fingerprint density at radius 3 is 2.65 bits per heavy atom. The number of carbonyl (C=O) groups excluding carboxylic acids is 1. The second-order valence-electron chi connectivity index (χ2n) is 12.8. The van der Waals surface area contributed by atoms with Crippen molar-refractivity contribution in [2.45, 2.75) is 109 Å². The third kappa shape index (κ3) is 8.39. The summed E-state index contributed by atoms with van der Waals surface area (Å²) in [6.45, 7) is 14.2. The number of aromatic nitrogens is 2. The molecule has 2 atom stereocenters. The molecule has 2 aromatic rings. The van der Waals surface area contributed by atoms with Gasteiger partial charge in [0.25, 0.3) is 0 Å². The molecule has 40 heavy (non-hydrogen) atoms. The molecule has 1 saturated carbocycles. The number of piperidine rings is 1. The Bertz CT molecular complexity index is 1100. The highest BCUT2D eigenvalue weighted by Gasteiger charge is 2.38. The van der Waals surface area contributed by atoms with Crippen molar-refractivity contribution < 1.29 is 18.7 Å². The number of halogens is 1. The molecule has 2 fully saturated rings. The van der Waals surface area contributed by atoms with E-state index in [1.54, 1.807) is 12.1 Å². The molecular formula is C31H49FN4O3Si. The summed E-state index contributed by atoms with van der Waals surface area (Å²) >= 11 is 0. The number of hydrogen-bond donors (Lipinski definition) is 1. The van der Waals surface area contributed by atoms with Crippen LogP contribution in [0.25, 0.3) is 0 Å². The third-order valence-corrected chi connectivity index (χ3v) is 10.1. The highest BCUT2D eigenvalue weighted by atomic mass is 28.3. The van der Waals surface area contributed by atoms with Crippen molar-refractivity contribution in [3.05, 3.63) is 53.1 Å². The summed E-state index contributed by atoms with van der Waals surface area (Å²) in [5, 5.41) is 7.97. The Balaban J connectivity index is 1.41. The van der Waals surface area contributed by atoms with E-state index in [0.717, 1.165) is 74.5 Å². The molecule has 1 aliphatic heterocycles. The summed E-state index contributed by atoms with van der Waals surface area (Å²) < 4.78 is 28.1. The molecule has 0 unspecified atom stereocenters. The molecule has 0 radical (unpaired) electrons. The lowest BCUT2D eigenvalue weighted by atomic mass is 9.82. The SMILES string of the molecule is CCNC(=O)N1CCC[C@H](c2nn(COCC[Si](C)(C)C)cc2C)[C@@H]1COC1CCC(c2cccc(F)c2)CC1. The van der Waals surface area contributed by atoms with Gasteiger partial charge in [-0.3, -0.25) is 0 Å². The van der Waals surface area contributed by atoms with Gasteiger partial charge in [0.15, 0.2) is 0 Å². The van der Waals surface area contributed by atoms with Gasteiger partial charge in [0.05, 0.1) is 24.4 Å². The van der Waals surface area contributed by atoms with Gasteiger partial charge >= 0.3 is 6.03 Å².